The minimum Gasteiger partial charge on any atom is -0.354 e. The molecule has 0 unspecified atom stereocenters. The SMILES string of the molecule is CN(C)C(=O)CCCc1ccc(Nc2c3ccccc3nc3ccccc23)cc1.Cl. The van der Waals surface area contributed by atoms with Gasteiger partial charge in [0.2, 0.25) is 5.91 Å². The largest absolute Gasteiger partial charge is 0.354 e. The zero-order chi connectivity index (χ0) is 20.2. The highest BCUT2D eigenvalue weighted by Crippen LogP contribution is 2.33. The molecular weight excluding hydrogens is 394 g/mol. The number of carbonyl (C=O) groups excluding carboxylic acids is 1. The number of benzene rings is 3. The molecule has 1 heterocycles. The average Bonchev–Trinajstić information content (AvgIpc) is 2.74. The molecule has 4 aromatic rings. The molecule has 30 heavy (non-hydrogen) atoms. The van der Waals surface area contributed by atoms with E-state index in [9.17, 15) is 4.79 Å². The topological polar surface area (TPSA) is 45.2 Å². The third kappa shape index (κ3) is 4.71. The van der Waals surface area contributed by atoms with E-state index < -0.39 is 0 Å². The van der Waals surface area contributed by atoms with Gasteiger partial charge in [-0.05, 0) is 42.7 Å². The number of carbonyl (C=O) groups is 1. The molecule has 0 aliphatic rings. The molecule has 1 amide bonds. The number of para-hydroxylation sites is 2. The lowest BCUT2D eigenvalue weighted by molar-refractivity contribution is -0.128. The first-order valence-corrected chi connectivity index (χ1v) is 9.95. The average molecular weight is 420 g/mol. The Balaban J connectivity index is 0.00000256. The molecule has 0 atom stereocenters. The second-order valence-electron chi connectivity index (χ2n) is 7.48. The summed E-state index contributed by atoms with van der Waals surface area (Å²) in [7, 11) is 3.60. The number of nitrogens with zero attached hydrogens (tertiary/aromatic N) is 2. The first-order chi connectivity index (χ1) is 14.1. The minimum absolute atomic E-state index is 0. The van der Waals surface area contributed by atoms with Crippen molar-refractivity contribution >= 4 is 51.5 Å². The monoisotopic (exact) mass is 419 g/mol. The predicted octanol–water partition coefficient (Wildman–Crippen LogP) is 5.96. The van der Waals surface area contributed by atoms with E-state index in [-0.39, 0.29) is 18.3 Å². The Hall–Kier alpha value is -3.11. The maximum atomic E-state index is 11.7. The van der Waals surface area contributed by atoms with E-state index in [1.165, 1.54) is 5.56 Å². The van der Waals surface area contributed by atoms with Crippen LogP contribution in [-0.2, 0) is 11.2 Å². The van der Waals surface area contributed by atoms with Crippen LogP contribution in [0, 0.1) is 0 Å². The molecule has 0 fully saturated rings. The molecule has 0 saturated carbocycles. The number of fused-ring (bicyclic) bond motifs is 2. The summed E-state index contributed by atoms with van der Waals surface area (Å²) < 4.78 is 0. The number of rotatable bonds is 6. The zero-order valence-corrected chi connectivity index (χ0v) is 18.1. The summed E-state index contributed by atoms with van der Waals surface area (Å²) in [6.07, 6.45) is 2.35. The quantitative estimate of drug-likeness (QED) is 0.392. The highest BCUT2D eigenvalue weighted by molar-refractivity contribution is 6.08. The maximum Gasteiger partial charge on any atom is 0.222 e. The highest BCUT2D eigenvalue weighted by atomic mass is 35.5. The summed E-state index contributed by atoms with van der Waals surface area (Å²) >= 11 is 0. The van der Waals surface area contributed by atoms with Crippen LogP contribution >= 0.6 is 12.4 Å². The summed E-state index contributed by atoms with van der Waals surface area (Å²) in [5, 5.41) is 5.82. The molecule has 0 bridgehead atoms. The summed E-state index contributed by atoms with van der Waals surface area (Å²) in [6, 6.07) is 24.9. The van der Waals surface area contributed by atoms with Gasteiger partial charge in [0.15, 0.2) is 0 Å². The van der Waals surface area contributed by atoms with Crippen molar-refractivity contribution in [2.24, 2.45) is 0 Å². The van der Waals surface area contributed by atoms with Gasteiger partial charge in [-0.3, -0.25) is 4.79 Å². The van der Waals surface area contributed by atoms with Crippen LogP contribution in [0.15, 0.2) is 72.8 Å². The van der Waals surface area contributed by atoms with Gasteiger partial charge in [-0.2, -0.15) is 0 Å². The summed E-state index contributed by atoms with van der Waals surface area (Å²) in [5.74, 6) is 0.180. The Morgan fingerprint density at radius 2 is 1.43 bits per heavy atom. The van der Waals surface area contributed by atoms with Crippen LogP contribution in [0.2, 0.25) is 0 Å². The fourth-order valence-electron chi connectivity index (χ4n) is 3.54. The molecule has 4 nitrogen and oxygen atoms in total. The van der Waals surface area contributed by atoms with Crippen LogP contribution in [0.3, 0.4) is 0 Å². The van der Waals surface area contributed by atoms with Gasteiger partial charge in [0.1, 0.15) is 0 Å². The number of anilines is 2. The van der Waals surface area contributed by atoms with Gasteiger partial charge in [-0.15, -0.1) is 12.4 Å². The fraction of sp³-hybridized carbons (Fsp3) is 0.200. The second-order valence-corrected chi connectivity index (χ2v) is 7.48. The van der Waals surface area contributed by atoms with Gasteiger partial charge in [-0.25, -0.2) is 4.98 Å². The van der Waals surface area contributed by atoms with Crippen LogP contribution in [0.5, 0.6) is 0 Å². The van der Waals surface area contributed by atoms with E-state index in [2.05, 4.69) is 41.7 Å². The Kier molecular flexibility index (Phi) is 6.91. The van der Waals surface area contributed by atoms with Crippen molar-refractivity contribution in [2.45, 2.75) is 19.3 Å². The molecule has 0 radical (unpaired) electrons. The van der Waals surface area contributed by atoms with Crippen molar-refractivity contribution in [3.05, 3.63) is 78.4 Å². The molecule has 1 aromatic heterocycles. The van der Waals surface area contributed by atoms with Crippen molar-refractivity contribution < 1.29 is 4.79 Å². The molecule has 4 rings (SSSR count). The van der Waals surface area contributed by atoms with Crippen molar-refractivity contribution in [1.82, 2.24) is 9.88 Å². The number of nitrogens with one attached hydrogen (secondary N) is 1. The summed E-state index contributed by atoms with van der Waals surface area (Å²) in [4.78, 5) is 18.1. The third-order valence-electron chi connectivity index (χ3n) is 5.17. The normalized spacial score (nSPS) is 10.6. The first-order valence-electron chi connectivity index (χ1n) is 9.95. The zero-order valence-electron chi connectivity index (χ0n) is 17.3. The number of halogens is 1. The first kappa shape index (κ1) is 21.6. The molecule has 154 valence electrons. The van der Waals surface area contributed by atoms with E-state index in [4.69, 9.17) is 4.98 Å². The van der Waals surface area contributed by atoms with Crippen molar-refractivity contribution in [1.29, 1.82) is 0 Å². The molecule has 5 heteroatoms. The maximum absolute atomic E-state index is 11.7. The molecular formula is C25H26ClN3O. The van der Waals surface area contributed by atoms with Crippen LogP contribution in [-0.4, -0.2) is 29.9 Å². The number of hydrogen-bond acceptors (Lipinski definition) is 3. The van der Waals surface area contributed by atoms with Crippen LogP contribution < -0.4 is 5.32 Å². The van der Waals surface area contributed by atoms with E-state index in [0.29, 0.717) is 6.42 Å². The minimum atomic E-state index is 0. The van der Waals surface area contributed by atoms with E-state index in [0.717, 1.165) is 46.0 Å². The number of aryl methyl sites for hydroxylation is 1. The lowest BCUT2D eigenvalue weighted by Crippen LogP contribution is -2.21. The molecule has 0 aliphatic heterocycles. The van der Waals surface area contributed by atoms with Gasteiger partial charge < -0.3 is 10.2 Å². The van der Waals surface area contributed by atoms with Crippen LogP contribution in [0.4, 0.5) is 11.4 Å². The summed E-state index contributed by atoms with van der Waals surface area (Å²) in [5.41, 5.74) is 5.33. The number of pyridine rings is 1. The van der Waals surface area contributed by atoms with E-state index in [1.807, 2.05) is 36.4 Å². The van der Waals surface area contributed by atoms with Gasteiger partial charge in [0.25, 0.3) is 0 Å². The number of amides is 1. The highest BCUT2D eigenvalue weighted by Gasteiger charge is 2.09. The molecule has 1 N–H and O–H groups in total. The number of hydrogen-bond donors (Lipinski definition) is 1. The molecule has 0 saturated heterocycles. The molecule has 0 spiro atoms. The van der Waals surface area contributed by atoms with Crippen LogP contribution in [0.1, 0.15) is 18.4 Å². The van der Waals surface area contributed by atoms with Gasteiger partial charge >= 0.3 is 0 Å². The molecule has 0 aliphatic carbocycles. The van der Waals surface area contributed by atoms with E-state index in [1.54, 1.807) is 19.0 Å². The standard InChI is InChI=1S/C25H25N3O.ClH/c1-28(2)24(29)13-7-8-18-14-16-19(17-15-18)26-25-20-9-3-5-11-22(20)27-23-12-6-4-10-21(23)25;/h3-6,9-12,14-17H,7-8,13H2,1-2H3,(H,26,27);1H. The smallest absolute Gasteiger partial charge is 0.222 e. The Morgan fingerprint density at radius 3 is 2.00 bits per heavy atom. The van der Waals surface area contributed by atoms with Crippen molar-refractivity contribution in [3.8, 4) is 0 Å². The second kappa shape index (κ2) is 9.59. The molecule has 3 aromatic carbocycles. The van der Waals surface area contributed by atoms with Gasteiger partial charge in [0.05, 0.1) is 16.7 Å². The van der Waals surface area contributed by atoms with E-state index >= 15 is 0 Å². The number of aromatic nitrogens is 1. The van der Waals surface area contributed by atoms with Crippen molar-refractivity contribution in [3.63, 3.8) is 0 Å². The lowest BCUT2D eigenvalue weighted by atomic mass is 10.1. The van der Waals surface area contributed by atoms with Gasteiger partial charge in [0, 0.05) is 37.0 Å². The van der Waals surface area contributed by atoms with Crippen molar-refractivity contribution in [2.75, 3.05) is 19.4 Å². The third-order valence-corrected chi connectivity index (χ3v) is 5.17. The summed E-state index contributed by atoms with van der Waals surface area (Å²) in [6.45, 7) is 0. The van der Waals surface area contributed by atoms with Gasteiger partial charge in [-0.1, -0.05) is 48.5 Å². The van der Waals surface area contributed by atoms with Crippen LogP contribution in [0.25, 0.3) is 21.8 Å². The Labute approximate surface area is 183 Å². The Morgan fingerprint density at radius 1 is 0.867 bits per heavy atom. The fourth-order valence-corrected chi connectivity index (χ4v) is 3.54. The Bertz CT molecular complexity index is 1100. The predicted molar refractivity (Wildman–Crippen MR) is 128 cm³/mol. The lowest BCUT2D eigenvalue weighted by Gasteiger charge is -2.14.